The molecular weight excluding hydrogens is 326 g/mol. The summed E-state index contributed by atoms with van der Waals surface area (Å²) in [5.41, 5.74) is 1.82. The van der Waals surface area contributed by atoms with Crippen LogP contribution in [-0.2, 0) is 20.9 Å². The Morgan fingerprint density at radius 2 is 2.12 bits per heavy atom. The Morgan fingerprint density at radius 1 is 1.32 bits per heavy atom. The molecule has 25 heavy (non-hydrogen) atoms. The zero-order chi connectivity index (χ0) is 18.2. The average molecular weight is 345 g/mol. The molecule has 0 saturated heterocycles. The first kappa shape index (κ1) is 18.4. The molecule has 7 heteroatoms. The van der Waals surface area contributed by atoms with Gasteiger partial charge in [-0.15, -0.1) is 0 Å². The lowest BCUT2D eigenvalue weighted by atomic mass is 10.0. The van der Waals surface area contributed by atoms with E-state index >= 15 is 0 Å². The highest BCUT2D eigenvalue weighted by molar-refractivity contribution is 5.90. The summed E-state index contributed by atoms with van der Waals surface area (Å²) in [6.07, 6.45) is 3.35. The van der Waals surface area contributed by atoms with Gasteiger partial charge in [-0.05, 0) is 18.6 Å². The number of hydrogen-bond acceptors (Lipinski definition) is 7. The van der Waals surface area contributed by atoms with Crippen molar-refractivity contribution >= 4 is 18.0 Å². The van der Waals surface area contributed by atoms with Crippen molar-refractivity contribution in [3.63, 3.8) is 0 Å². The Morgan fingerprint density at radius 3 is 2.80 bits per heavy atom. The fraction of sp³-hybridized carbons (Fsp3) is 0.278. The van der Waals surface area contributed by atoms with Crippen LogP contribution in [0.25, 0.3) is 17.4 Å². The van der Waals surface area contributed by atoms with Crippen LogP contribution >= 0.6 is 0 Å². The summed E-state index contributed by atoms with van der Waals surface area (Å²) in [4.78, 5) is 23.2. The molecule has 0 radical (unpaired) electrons. The smallest absolute Gasteiger partial charge is 0.360 e. The van der Waals surface area contributed by atoms with E-state index in [4.69, 9.17) is 19.1 Å². The normalized spacial score (nSPS) is 10.8. The maximum Gasteiger partial charge on any atom is 0.360 e. The van der Waals surface area contributed by atoms with Gasteiger partial charge in [0, 0.05) is 12.5 Å². The maximum atomic E-state index is 12.0. The second-order valence-corrected chi connectivity index (χ2v) is 5.05. The van der Waals surface area contributed by atoms with E-state index < -0.39 is 11.9 Å². The number of rotatable bonds is 7. The van der Waals surface area contributed by atoms with Crippen molar-refractivity contribution in [3.05, 3.63) is 47.2 Å². The highest BCUT2D eigenvalue weighted by Gasteiger charge is 2.25. The molecule has 0 spiro atoms. The molecule has 2 aromatic rings. The van der Waals surface area contributed by atoms with E-state index in [0.717, 1.165) is 5.56 Å². The number of hydrogen-bond donors (Lipinski definition) is 1. The van der Waals surface area contributed by atoms with Crippen LogP contribution in [0, 0.1) is 0 Å². The van der Waals surface area contributed by atoms with Gasteiger partial charge in [-0.3, -0.25) is 4.79 Å². The Hall–Kier alpha value is -2.93. The number of ether oxygens (including phenoxy) is 2. The van der Waals surface area contributed by atoms with Crippen LogP contribution in [0.4, 0.5) is 0 Å². The highest BCUT2D eigenvalue weighted by Crippen LogP contribution is 2.28. The van der Waals surface area contributed by atoms with Crippen molar-refractivity contribution in [2.75, 3.05) is 13.2 Å². The lowest BCUT2D eigenvalue weighted by Gasteiger charge is -2.05. The maximum absolute atomic E-state index is 12.0. The van der Waals surface area contributed by atoms with Crippen LogP contribution in [0.15, 0.2) is 34.9 Å². The minimum Gasteiger partial charge on any atom is -0.461 e. The lowest BCUT2D eigenvalue weighted by molar-refractivity contribution is -0.142. The molecule has 0 unspecified atom stereocenters. The Bertz CT molecular complexity index is 778. The number of benzene rings is 1. The fourth-order valence-electron chi connectivity index (χ4n) is 2.18. The fourth-order valence-corrected chi connectivity index (χ4v) is 2.18. The van der Waals surface area contributed by atoms with Gasteiger partial charge >= 0.3 is 11.9 Å². The largest absolute Gasteiger partial charge is 0.461 e. The molecular formula is C18H19NO6. The van der Waals surface area contributed by atoms with Crippen LogP contribution in [-0.4, -0.2) is 35.4 Å². The summed E-state index contributed by atoms with van der Waals surface area (Å²) in [7, 11) is 0. The van der Waals surface area contributed by atoms with E-state index in [0.29, 0.717) is 16.9 Å². The third-order valence-corrected chi connectivity index (χ3v) is 3.24. The summed E-state index contributed by atoms with van der Waals surface area (Å²) in [6.45, 7) is 2.92. The monoisotopic (exact) mass is 345 g/mol. The quantitative estimate of drug-likeness (QED) is 0.770. The van der Waals surface area contributed by atoms with E-state index in [1.54, 1.807) is 37.3 Å². The van der Waals surface area contributed by atoms with Crippen molar-refractivity contribution < 1.29 is 28.7 Å². The lowest BCUT2D eigenvalue weighted by Crippen LogP contribution is -2.10. The van der Waals surface area contributed by atoms with Crippen LogP contribution in [0.2, 0.25) is 0 Å². The predicted molar refractivity (Wildman–Crippen MR) is 89.5 cm³/mol. The molecule has 0 bridgehead atoms. The van der Waals surface area contributed by atoms with Crippen LogP contribution in [0.1, 0.15) is 35.5 Å². The summed E-state index contributed by atoms with van der Waals surface area (Å²) in [6, 6.07) is 7.24. The number of esters is 2. The summed E-state index contributed by atoms with van der Waals surface area (Å²) in [5, 5.41) is 12.7. The van der Waals surface area contributed by atoms with Gasteiger partial charge in [0.2, 0.25) is 0 Å². The zero-order valence-corrected chi connectivity index (χ0v) is 14.0. The van der Waals surface area contributed by atoms with E-state index in [-0.39, 0.29) is 25.5 Å². The highest BCUT2D eigenvalue weighted by atomic mass is 16.5. The number of carbonyl (C=O) groups is 2. The summed E-state index contributed by atoms with van der Waals surface area (Å²) in [5.74, 6) is -0.805. The van der Waals surface area contributed by atoms with Gasteiger partial charge in [-0.25, -0.2) is 4.79 Å². The molecule has 0 aliphatic heterocycles. The van der Waals surface area contributed by atoms with Gasteiger partial charge < -0.3 is 19.1 Å². The third kappa shape index (κ3) is 4.77. The van der Waals surface area contributed by atoms with Gasteiger partial charge in [-0.1, -0.05) is 35.5 Å². The Labute approximate surface area is 144 Å². The molecule has 1 N–H and O–H groups in total. The van der Waals surface area contributed by atoms with Crippen molar-refractivity contribution in [1.29, 1.82) is 0 Å². The van der Waals surface area contributed by atoms with E-state index in [9.17, 15) is 9.59 Å². The molecule has 1 aromatic heterocycles. The van der Waals surface area contributed by atoms with Crippen molar-refractivity contribution in [2.24, 2.45) is 0 Å². The molecule has 0 amide bonds. The molecule has 0 aliphatic rings. The number of nitrogens with zero attached hydrogens (tertiary/aromatic N) is 1. The van der Waals surface area contributed by atoms with Crippen molar-refractivity contribution in [1.82, 2.24) is 5.16 Å². The Balaban J connectivity index is 2.44. The van der Waals surface area contributed by atoms with Gasteiger partial charge in [0.05, 0.1) is 18.8 Å². The molecule has 0 saturated carbocycles. The third-order valence-electron chi connectivity index (χ3n) is 3.24. The van der Waals surface area contributed by atoms with E-state index in [1.165, 1.54) is 6.92 Å². The first-order chi connectivity index (χ1) is 12.1. The minimum atomic E-state index is -0.643. The molecule has 1 aromatic carbocycles. The zero-order valence-electron chi connectivity index (χ0n) is 14.0. The SMILES string of the molecule is CCOC(=O)c1noc(-c2cccc(/C=C/CO)c2)c1COC(C)=O. The topological polar surface area (TPSA) is 98.9 Å². The predicted octanol–water partition coefficient (Wildman–Crippen LogP) is 2.59. The molecule has 132 valence electrons. The number of aromatic nitrogens is 1. The van der Waals surface area contributed by atoms with E-state index in [2.05, 4.69) is 5.16 Å². The van der Waals surface area contributed by atoms with Gasteiger partial charge in [-0.2, -0.15) is 0 Å². The Kier molecular flexibility index (Phi) is 6.47. The molecule has 7 nitrogen and oxygen atoms in total. The minimum absolute atomic E-state index is 0.0191. The molecule has 0 aliphatic carbocycles. The standard InChI is InChI=1S/C18H19NO6/c1-3-23-18(22)16-15(11-24-12(2)21)17(25-19-16)14-8-4-6-13(10-14)7-5-9-20/h4-8,10,20H,3,9,11H2,1-2H3/b7-5+. The van der Waals surface area contributed by atoms with Crippen LogP contribution in [0.3, 0.4) is 0 Å². The molecule has 1 heterocycles. The van der Waals surface area contributed by atoms with Gasteiger partial charge in [0.1, 0.15) is 6.61 Å². The second kappa shape index (κ2) is 8.79. The molecule has 2 rings (SSSR count). The number of carbonyl (C=O) groups excluding carboxylic acids is 2. The van der Waals surface area contributed by atoms with E-state index in [1.807, 2.05) is 6.07 Å². The van der Waals surface area contributed by atoms with Crippen molar-refractivity contribution in [2.45, 2.75) is 20.5 Å². The van der Waals surface area contributed by atoms with Crippen LogP contribution < -0.4 is 0 Å². The average Bonchev–Trinajstić information content (AvgIpc) is 3.02. The first-order valence-corrected chi connectivity index (χ1v) is 7.73. The molecule has 0 fully saturated rings. The summed E-state index contributed by atoms with van der Waals surface area (Å²) >= 11 is 0. The number of aliphatic hydroxyl groups excluding tert-OH is 1. The van der Waals surface area contributed by atoms with Crippen molar-refractivity contribution in [3.8, 4) is 11.3 Å². The second-order valence-electron chi connectivity index (χ2n) is 5.05. The summed E-state index contributed by atoms with van der Waals surface area (Å²) < 4.78 is 15.3. The van der Waals surface area contributed by atoms with Gasteiger partial charge in [0.25, 0.3) is 0 Å². The van der Waals surface area contributed by atoms with Crippen LogP contribution in [0.5, 0.6) is 0 Å². The first-order valence-electron chi connectivity index (χ1n) is 7.73. The number of aliphatic hydroxyl groups is 1. The van der Waals surface area contributed by atoms with Gasteiger partial charge in [0.15, 0.2) is 11.5 Å². The molecule has 0 atom stereocenters.